The summed E-state index contributed by atoms with van der Waals surface area (Å²) in [6.07, 6.45) is 0. The van der Waals surface area contributed by atoms with E-state index in [9.17, 15) is 0 Å². The van der Waals surface area contributed by atoms with Crippen LogP contribution in [0.3, 0.4) is 0 Å². The minimum Gasteiger partial charge on any atom is -0.467 e. The molecule has 0 aliphatic carbocycles. The van der Waals surface area contributed by atoms with Crippen molar-refractivity contribution in [3.8, 4) is 6.01 Å². The maximum absolute atomic E-state index is 5.73. The minimum atomic E-state index is 0.0801. The first kappa shape index (κ1) is 12.1. The summed E-state index contributed by atoms with van der Waals surface area (Å²) in [5.74, 6) is 0.337. The molecule has 0 amide bonds. The first-order valence-corrected chi connectivity index (χ1v) is 5.82. The van der Waals surface area contributed by atoms with Crippen molar-refractivity contribution in [2.75, 3.05) is 12.4 Å². The average molecular weight is 316 g/mol. The first-order valence-electron chi connectivity index (χ1n) is 4.65. The first-order chi connectivity index (χ1) is 8.17. The van der Waals surface area contributed by atoms with E-state index in [0.717, 1.165) is 10.2 Å². The molecule has 2 rings (SSSR count). The van der Waals surface area contributed by atoms with Crippen molar-refractivity contribution in [1.29, 1.82) is 0 Å². The summed E-state index contributed by atoms with van der Waals surface area (Å²) in [6.45, 7) is 0. The Kier molecular flexibility index (Phi) is 3.75. The number of ether oxygens (including phenoxy) is 1. The van der Waals surface area contributed by atoms with Gasteiger partial charge in [-0.25, -0.2) is 0 Å². The molecule has 0 saturated heterocycles. The fraction of sp³-hybridized carbons (Fsp3) is 0.100. The van der Waals surface area contributed by atoms with Gasteiger partial charge in [-0.1, -0.05) is 15.9 Å². The molecule has 0 radical (unpaired) electrons. The molecule has 0 fully saturated rings. The lowest BCUT2D eigenvalue weighted by Crippen LogP contribution is -2.01. The summed E-state index contributed by atoms with van der Waals surface area (Å²) >= 11 is 9.09. The molecule has 0 aliphatic rings. The Morgan fingerprint density at radius 1 is 1.18 bits per heavy atom. The zero-order chi connectivity index (χ0) is 12.3. The summed E-state index contributed by atoms with van der Waals surface area (Å²) in [4.78, 5) is 11.7. The van der Waals surface area contributed by atoms with Crippen LogP contribution in [-0.4, -0.2) is 22.1 Å². The highest BCUT2D eigenvalue weighted by molar-refractivity contribution is 9.10. The highest BCUT2D eigenvalue weighted by Gasteiger charge is 2.05. The molecule has 17 heavy (non-hydrogen) atoms. The van der Waals surface area contributed by atoms with E-state index in [1.807, 2.05) is 24.3 Å². The van der Waals surface area contributed by atoms with Gasteiger partial charge in [0, 0.05) is 10.2 Å². The van der Waals surface area contributed by atoms with Gasteiger partial charge in [-0.3, -0.25) is 0 Å². The van der Waals surface area contributed by atoms with Crippen molar-refractivity contribution in [3.63, 3.8) is 0 Å². The molecular formula is C10H8BrClN4O. The lowest BCUT2D eigenvalue weighted by atomic mass is 10.3. The van der Waals surface area contributed by atoms with Crippen LogP contribution in [0, 0.1) is 0 Å². The van der Waals surface area contributed by atoms with Crippen molar-refractivity contribution in [2.45, 2.75) is 0 Å². The van der Waals surface area contributed by atoms with Crippen LogP contribution in [0.2, 0.25) is 5.28 Å². The van der Waals surface area contributed by atoms with Crippen LogP contribution >= 0.6 is 27.5 Å². The van der Waals surface area contributed by atoms with Crippen LogP contribution in [0.15, 0.2) is 28.7 Å². The standard InChI is InChI=1S/C10H8BrClN4O/c1-17-10-15-8(12)14-9(16-10)13-7-4-2-6(11)3-5-7/h2-5H,1H3,(H,13,14,15,16). The van der Waals surface area contributed by atoms with Crippen LogP contribution in [0.25, 0.3) is 0 Å². The van der Waals surface area contributed by atoms with Crippen molar-refractivity contribution in [3.05, 3.63) is 34.0 Å². The number of halogens is 2. The third kappa shape index (κ3) is 3.28. The third-order valence-corrected chi connectivity index (χ3v) is 2.57. The molecule has 0 bridgehead atoms. The number of nitrogens with zero attached hydrogens (tertiary/aromatic N) is 3. The molecule has 0 spiro atoms. The average Bonchev–Trinajstić information content (AvgIpc) is 2.31. The number of methoxy groups -OCH3 is 1. The van der Waals surface area contributed by atoms with Crippen molar-refractivity contribution in [2.24, 2.45) is 0 Å². The molecule has 7 heteroatoms. The molecule has 1 N–H and O–H groups in total. The molecule has 0 unspecified atom stereocenters. The Morgan fingerprint density at radius 3 is 2.53 bits per heavy atom. The molecule has 1 heterocycles. The van der Waals surface area contributed by atoms with Gasteiger partial charge in [-0.2, -0.15) is 15.0 Å². The van der Waals surface area contributed by atoms with E-state index >= 15 is 0 Å². The molecule has 5 nitrogen and oxygen atoms in total. The number of nitrogens with one attached hydrogen (secondary N) is 1. The normalized spacial score (nSPS) is 10.1. The predicted octanol–water partition coefficient (Wildman–Crippen LogP) is 3.04. The zero-order valence-corrected chi connectivity index (χ0v) is 11.2. The van der Waals surface area contributed by atoms with E-state index < -0.39 is 0 Å². The number of aromatic nitrogens is 3. The minimum absolute atomic E-state index is 0.0801. The van der Waals surface area contributed by atoms with Gasteiger partial charge in [0.25, 0.3) is 0 Å². The van der Waals surface area contributed by atoms with E-state index in [4.69, 9.17) is 16.3 Å². The van der Waals surface area contributed by atoms with Gasteiger partial charge in [0.15, 0.2) is 0 Å². The maximum Gasteiger partial charge on any atom is 0.322 e. The number of hydrogen-bond acceptors (Lipinski definition) is 5. The molecule has 2 aromatic rings. The second kappa shape index (κ2) is 5.29. The van der Waals surface area contributed by atoms with Crippen LogP contribution in [0.4, 0.5) is 11.6 Å². The van der Waals surface area contributed by atoms with Gasteiger partial charge in [0.1, 0.15) is 0 Å². The topological polar surface area (TPSA) is 59.9 Å². The molecular weight excluding hydrogens is 307 g/mol. The smallest absolute Gasteiger partial charge is 0.322 e. The predicted molar refractivity (Wildman–Crippen MR) is 68.8 cm³/mol. The summed E-state index contributed by atoms with van der Waals surface area (Å²) in [7, 11) is 1.47. The van der Waals surface area contributed by atoms with Gasteiger partial charge in [-0.15, -0.1) is 0 Å². The van der Waals surface area contributed by atoms with Crippen molar-refractivity contribution >= 4 is 39.2 Å². The molecule has 1 aromatic heterocycles. The van der Waals surface area contributed by atoms with Crippen LogP contribution < -0.4 is 10.1 Å². The Bertz CT molecular complexity index is 520. The van der Waals surface area contributed by atoms with E-state index in [2.05, 4.69) is 36.2 Å². The van der Waals surface area contributed by atoms with Gasteiger partial charge in [0.05, 0.1) is 7.11 Å². The van der Waals surface area contributed by atoms with Crippen LogP contribution in [0.1, 0.15) is 0 Å². The zero-order valence-electron chi connectivity index (χ0n) is 8.82. The maximum atomic E-state index is 5.73. The van der Waals surface area contributed by atoms with Crippen molar-refractivity contribution < 1.29 is 4.74 Å². The quantitative estimate of drug-likeness (QED) is 0.943. The Morgan fingerprint density at radius 2 is 1.88 bits per heavy atom. The lowest BCUT2D eigenvalue weighted by Gasteiger charge is -2.05. The number of hydrogen-bond donors (Lipinski definition) is 1. The van der Waals surface area contributed by atoms with E-state index in [-0.39, 0.29) is 11.3 Å². The van der Waals surface area contributed by atoms with Crippen LogP contribution in [0.5, 0.6) is 6.01 Å². The molecule has 0 saturated carbocycles. The fourth-order valence-corrected chi connectivity index (χ4v) is 1.56. The number of rotatable bonds is 3. The molecule has 0 aliphatic heterocycles. The van der Waals surface area contributed by atoms with E-state index in [0.29, 0.717) is 5.95 Å². The summed E-state index contributed by atoms with van der Waals surface area (Å²) in [5.41, 5.74) is 0.845. The molecule has 1 aromatic carbocycles. The largest absolute Gasteiger partial charge is 0.467 e. The monoisotopic (exact) mass is 314 g/mol. The fourth-order valence-electron chi connectivity index (χ4n) is 1.14. The van der Waals surface area contributed by atoms with E-state index in [1.54, 1.807) is 0 Å². The summed E-state index contributed by atoms with van der Waals surface area (Å²) < 4.78 is 5.89. The second-order valence-electron chi connectivity index (χ2n) is 3.05. The van der Waals surface area contributed by atoms with E-state index in [1.165, 1.54) is 7.11 Å². The van der Waals surface area contributed by atoms with Gasteiger partial charge in [0.2, 0.25) is 11.2 Å². The molecule has 88 valence electrons. The lowest BCUT2D eigenvalue weighted by molar-refractivity contribution is 0.379. The Balaban J connectivity index is 2.23. The highest BCUT2D eigenvalue weighted by Crippen LogP contribution is 2.18. The number of benzene rings is 1. The second-order valence-corrected chi connectivity index (χ2v) is 4.30. The van der Waals surface area contributed by atoms with Gasteiger partial charge < -0.3 is 10.1 Å². The third-order valence-electron chi connectivity index (χ3n) is 1.87. The summed E-state index contributed by atoms with van der Waals surface area (Å²) in [6, 6.07) is 7.75. The SMILES string of the molecule is COc1nc(Cl)nc(Nc2ccc(Br)cc2)n1. The summed E-state index contributed by atoms with van der Waals surface area (Å²) in [5, 5.41) is 3.08. The molecule has 0 atom stereocenters. The van der Waals surface area contributed by atoms with Crippen LogP contribution in [-0.2, 0) is 0 Å². The highest BCUT2D eigenvalue weighted by atomic mass is 79.9. The van der Waals surface area contributed by atoms with Gasteiger partial charge >= 0.3 is 6.01 Å². The Labute approximate surface area is 111 Å². The number of anilines is 2. The van der Waals surface area contributed by atoms with Gasteiger partial charge in [-0.05, 0) is 35.9 Å². The van der Waals surface area contributed by atoms with Crippen molar-refractivity contribution in [1.82, 2.24) is 15.0 Å². The Hall–Kier alpha value is -1.40.